The summed E-state index contributed by atoms with van der Waals surface area (Å²) in [5.74, 6) is 0.622. The molecule has 6 nitrogen and oxygen atoms in total. The molecule has 0 aliphatic heterocycles. The van der Waals surface area contributed by atoms with Crippen LogP contribution in [0.15, 0.2) is 42.7 Å². The highest BCUT2D eigenvalue weighted by molar-refractivity contribution is 5.80. The lowest BCUT2D eigenvalue weighted by Crippen LogP contribution is -2.38. The maximum absolute atomic E-state index is 12.7. The fourth-order valence-corrected chi connectivity index (χ4v) is 4.12. The second-order valence-electron chi connectivity index (χ2n) is 8.17. The van der Waals surface area contributed by atoms with Crippen LogP contribution in [0, 0.1) is 5.92 Å². The number of aromatic nitrogens is 2. The number of ether oxygens (including phenoxy) is 1. The maximum atomic E-state index is 12.7. The van der Waals surface area contributed by atoms with Crippen LogP contribution in [0.3, 0.4) is 0 Å². The first kappa shape index (κ1) is 22.1. The summed E-state index contributed by atoms with van der Waals surface area (Å²) in [6.07, 6.45) is 8.98. The number of carbonyl (C=O) groups excluding carboxylic acids is 2. The highest BCUT2D eigenvalue weighted by Crippen LogP contribution is 2.25. The predicted octanol–water partition coefficient (Wildman–Crippen LogP) is 4.21. The molecule has 0 bridgehead atoms. The van der Waals surface area contributed by atoms with Gasteiger partial charge in [0.25, 0.3) is 0 Å². The van der Waals surface area contributed by atoms with Gasteiger partial charge in [0.05, 0.1) is 6.42 Å². The van der Waals surface area contributed by atoms with Crippen LogP contribution >= 0.6 is 0 Å². The summed E-state index contributed by atoms with van der Waals surface area (Å²) < 4.78 is 7.87. The Morgan fingerprint density at radius 2 is 1.97 bits per heavy atom. The molecule has 6 heteroatoms. The minimum atomic E-state index is -0.412. The van der Waals surface area contributed by atoms with E-state index < -0.39 is 6.10 Å². The van der Waals surface area contributed by atoms with E-state index in [1.54, 1.807) is 6.20 Å². The standard InChI is InChI=1S/C24H33N3O3/c1-3-27-16-15-25-23(27)21(14-13-19-9-5-4-6-10-19)30-22(28)17-18(2)26-24(29)20-11-7-8-12-20/h4-6,9-10,15-16,18,20-21H,3,7-8,11-14,17H2,1-2H3,(H,26,29)/t18-,21+/m0/s1. The van der Waals surface area contributed by atoms with Gasteiger partial charge >= 0.3 is 5.97 Å². The Hall–Kier alpha value is -2.63. The molecule has 1 amide bonds. The summed E-state index contributed by atoms with van der Waals surface area (Å²) in [5, 5.41) is 2.98. The maximum Gasteiger partial charge on any atom is 0.308 e. The zero-order chi connectivity index (χ0) is 21.3. The number of esters is 1. The number of imidazole rings is 1. The van der Waals surface area contributed by atoms with E-state index in [1.165, 1.54) is 5.56 Å². The Morgan fingerprint density at radius 3 is 2.67 bits per heavy atom. The number of carbonyl (C=O) groups is 2. The molecule has 162 valence electrons. The third-order valence-corrected chi connectivity index (χ3v) is 5.78. The van der Waals surface area contributed by atoms with Crippen molar-refractivity contribution >= 4 is 11.9 Å². The lowest BCUT2D eigenvalue weighted by atomic mass is 10.1. The third-order valence-electron chi connectivity index (χ3n) is 5.78. The molecule has 1 aromatic heterocycles. The zero-order valence-corrected chi connectivity index (χ0v) is 18.0. The van der Waals surface area contributed by atoms with Crippen molar-refractivity contribution in [1.29, 1.82) is 0 Å². The van der Waals surface area contributed by atoms with Gasteiger partial charge in [-0.05, 0) is 45.1 Å². The lowest BCUT2D eigenvalue weighted by molar-refractivity contribution is -0.151. The number of nitrogens with zero attached hydrogens (tertiary/aromatic N) is 2. The van der Waals surface area contributed by atoms with Crippen LogP contribution in [0.25, 0.3) is 0 Å². The van der Waals surface area contributed by atoms with E-state index in [0.29, 0.717) is 6.42 Å². The monoisotopic (exact) mass is 411 g/mol. The Bertz CT molecular complexity index is 812. The SMILES string of the molecule is CCn1ccnc1[C@@H](CCc1ccccc1)OC(=O)C[C@H](C)NC(=O)C1CCCC1. The van der Waals surface area contributed by atoms with Gasteiger partial charge in [0.15, 0.2) is 6.10 Å². The molecule has 3 rings (SSSR count). The first-order valence-corrected chi connectivity index (χ1v) is 11.1. The van der Waals surface area contributed by atoms with Crippen molar-refractivity contribution in [2.24, 2.45) is 5.92 Å². The van der Waals surface area contributed by atoms with Crippen molar-refractivity contribution in [1.82, 2.24) is 14.9 Å². The van der Waals surface area contributed by atoms with Gasteiger partial charge in [-0.2, -0.15) is 0 Å². The second-order valence-corrected chi connectivity index (χ2v) is 8.17. The van der Waals surface area contributed by atoms with Crippen LogP contribution in [0.4, 0.5) is 0 Å². The van der Waals surface area contributed by atoms with Gasteiger partial charge in [-0.15, -0.1) is 0 Å². The van der Waals surface area contributed by atoms with Gasteiger partial charge in [0.2, 0.25) is 5.91 Å². The molecular formula is C24H33N3O3. The van der Waals surface area contributed by atoms with Gasteiger partial charge in [-0.1, -0.05) is 43.2 Å². The normalized spacial score (nSPS) is 16.2. The van der Waals surface area contributed by atoms with Crippen LogP contribution in [0.1, 0.15) is 69.9 Å². The highest BCUT2D eigenvalue weighted by atomic mass is 16.5. The summed E-state index contributed by atoms with van der Waals surface area (Å²) in [4.78, 5) is 29.4. The highest BCUT2D eigenvalue weighted by Gasteiger charge is 2.26. The molecule has 1 fully saturated rings. The van der Waals surface area contributed by atoms with Gasteiger partial charge in [-0.3, -0.25) is 9.59 Å². The van der Waals surface area contributed by atoms with E-state index in [4.69, 9.17) is 4.74 Å². The lowest BCUT2D eigenvalue weighted by Gasteiger charge is -2.21. The molecule has 0 saturated heterocycles. The summed E-state index contributed by atoms with van der Waals surface area (Å²) in [6.45, 7) is 4.67. The average Bonchev–Trinajstić information content (AvgIpc) is 3.43. The number of benzene rings is 1. The van der Waals surface area contributed by atoms with Crippen molar-refractivity contribution in [3.8, 4) is 0 Å². The molecule has 0 spiro atoms. The second kappa shape index (κ2) is 11.0. The fourth-order valence-electron chi connectivity index (χ4n) is 4.12. The molecule has 1 N–H and O–H groups in total. The van der Waals surface area contributed by atoms with Gasteiger partial charge < -0.3 is 14.6 Å². The van der Waals surface area contributed by atoms with Crippen LogP contribution in [0.2, 0.25) is 0 Å². The van der Waals surface area contributed by atoms with Crippen LogP contribution in [0.5, 0.6) is 0 Å². The Kier molecular flexibility index (Phi) is 8.05. The van der Waals surface area contributed by atoms with E-state index >= 15 is 0 Å². The van der Waals surface area contributed by atoms with Crippen LogP contribution in [-0.2, 0) is 27.3 Å². The molecule has 1 aliphatic carbocycles. The molecule has 2 atom stereocenters. The number of aryl methyl sites for hydroxylation is 2. The molecule has 1 aliphatic rings. The van der Waals surface area contributed by atoms with Crippen molar-refractivity contribution in [3.63, 3.8) is 0 Å². The first-order valence-electron chi connectivity index (χ1n) is 11.1. The van der Waals surface area contributed by atoms with Gasteiger partial charge in [0.1, 0.15) is 5.82 Å². The van der Waals surface area contributed by atoms with Crippen molar-refractivity contribution < 1.29 is 14.3 Å². The van der Waals surface area contributed by atoms with E-state index in [0.717, 1.165) is 44.5 Å². The third kappa shape index (κ3) is 6.18. The Labute approximate surface area is 179 Å². The molecular weight excluding hydrogens is 378 g/mol. The average molecular weight is 412 g/mol. The zero-order valence-electron chi connectivity index (χ0n) is 18.0. The molecule has 1 aromatic carbocycles. The van der Waals surface area contributed by atoms with Crippen molar-refractivity contribution in [2.45, 2.75) is 77.5 Å². The number of rotatable bonds is 10. The summed E-state index contributed by atoms with van der Waals surface area (Å²) in [6, 6.07) is 9.92. The molecule has 1 saturated carbocycles. The topological polar surface area (TPSA) is 73.2 Å². The molecule has 0 unspecified atom stereocenters. The van der Waals surface area contributed by atoms with Crippen molar-refractivity contribution in [2.75, 3.05) is 0 Å². The molecule has 1 heterocycles. The fraction of sp³-hybridized carbons (Fsp3) is 0.542. The number of hydrogen-bond acceptors (Lipinski definition) is 4. The molecule has 2 aromatic rings. The number of hydrogen-bond donors (Lipinski definition) is 1. The minimum Gasteiger partial charge on any atom is -0.454 e. The van der Waals surface area contributed by atoms with E-state index in [1.807, 2.05) is 42.8 Å². The number of amides is 1. The minimum absolute atomic E-state index is 0.0648. The smallest absolute Gasteiger partial charge is 0.308 e. The van der Waals surface area contributed by atoms with Crippen molar-refractivity contribution in [3.05, 3.63) is 54.1 Å². The number of nitrogens with one attached hydrogen (secondary N) is 1. The van der Waals surface area contributed by atoms with Crippen LogP contribution in [-0.4, -0.2) is 27.5 Å². The molecule has 30 heavy (non-hydrogen) atoms. The predicted molar refractivity (Wildman–Crippen MR) is 116 cm³/mol. The first-order chi connectivity index (χ1) is 14.6. The molecule has 0 radical (unpaired) electrons. The largest absolute Gasteiger partial charge is 0.454 e. The van der Waals surface area contributed by atoms with E-state index in [9.17, 15) is 9.59 Å². The quantitative estimate of drug-likeness (QED) is 0.595. The van der Waals surface area contributed by atoms with Crippen LogP contribution < -0.4 is 5.32 Å². The Balaban J connectivity index is 1.58. The summed E-state index contributed by atoms with van der Waals surface area (Å²) >= 11 is 0. The van der Waals surface area contributed by atoms with E-state index in [2.05, 4.69) is 22.4 Å². The summed E-state index contributed by atoms with van der Waals surface area (Å²) in [7, 11) is 0. The van der Waals surface area contributed by atoms with Gasteiger partial charge in [-0.25, -0.2) is 4.98 Å². The van der Waals surface area contributed by atoms with Gasteiger partial charge in [0, 0.05) is 30.9 Å². The summed E-state index contributed by atoms with van der Waals surface area (Å²) in [5.41, 5.74) is 1.20. The van der Waals surface area contributed by atoms with E-state index in [-0.39, 0.29) is 30.3 Å². The Morgan fingerprint density at radius 1 is 1.23 bits per heavy atom.